The van der Waals surface area contributed by atoms with E-state index in [1.54, 1.807) is 0 Å². The molecule has 3 atom stereocenters. The molecule has 1 unspecified atom stereocenters. The predicted octanol–water partition coefficient (Wildman–Crippen LogP) is 2.83. The second-order valence-corrected chi connectivity index (χ2v) is 8.54. The van der Waals surface area contributed by atoms with Crippen LogP contribution < -0.4 is 16.1 Å². The van der Waals surface area contributed by atoms with Gasteiger partial charge in [0.1, 0.15) is 18.8 Å². The zero-order chi connectivity index (χ0) is 22.3. The molecule has 0 saturated heterocycles. The molecule has 0 aliphatic rings. The number of hydrogen-bond acceptors (Lipinski definition) is 5. The lowest BCUT2D eigenvalue weighted by Gasteiger charge is -2.27. The summed E-state index contributed by atoms with van der Waals surface area (Å²) in [4.78, 5) is 36.5. The largest absolute Gasteiger partial charge is 0.445 e. The van der Waals surface area contributed by atoms with Crippen LogP contribution in [0.2, 0.25) is 0 Å². The molecule has 0 saturated carbocycles. The lowest BCUT2D eigenvalue weighted by atomic mass is 9.96. The van der Waals surface area contributed by atoms with Crippen molar-refractivity contribution in [2.45, 2.75) is 65.3 Å². The molecule has 30 heavy (non-hydrogen) atoms. The fourth-order valence-electron chi connectivity index (χ4n) is 3.22. The summed E-state index contributed by atoms with van der Waals surface area (Å²) < 4.78 is 5.24. The van der Waals surface area contributed by atoms with E-state index in [4.69, 9.17) is 4.74 Å². The molecule has 2 rings (SSSR count). The van der Waals surface area contributed by atoms with Crippen molar-refractivity contribution in [3.8, 4) is 0 Å². The lowest BCUT2D eigenvalue weighted by molar-refractivity contribution is -0.125. The lowest BCUT2D eigenvalue weighted by Crippen LogP contribution is -2.51. The molecule has 7 heteroatoms. The Labute approximate surface area is 177 Å². The normalized spacial score (nSPS) is 14.5. The molecule has 0 heterocycles. The molecular weight excluding hydrogens is 384 g/mol. The third-order valence-corrected chi connectivity index (χ3v) is 4.77. The van der Waals surface area contributed by atoms with E-state index >= 15 is 0 Å². The Hall–Kier alpha value is -2.67. The molecule has 0 fully saturated rings. The van der Waals surface area contributed by atoms with Gasteiger partial charge in [-0.2, -0.15) is 0 Å². The van der Waals surface area contributed by atoms with Crippen LogP contribution in [0.5, 0.6) is 0 Å². The maximum Gasteiger partial charge on any atom is 0.408 e. The first-order valence-electron chi connectivity index (χ1n) is 10.4. The summed E-state index contributed by atoms with van der Waals surface area (Å²) in [6.07, 6.45) is -0.808. The van der Waals surface area contributed by atoms with Crippen molar-refractivity contribution in [3.63, 3.8) is 0 Å². The molecular formula is C23H32N2O5. The van der Waals surface area contributed by atoms with E-state index in [2.05, 4.69) is 10.6 Å². The van der Waals surface area contributed by atoms with Gasteiger partial charge in [0.25, 0.3) is 0 Å². The van der Waals surface area contributed by atoms with Crippen LogP contribution >= 0.6 is 0 Å². The van der Waals surface area contributed by atoms with Gasteiger partial charge in [-0.25, -0.2) is 4.79 Å². The number of ether oxygens (including phenoxy) is 1. The van der Waals surface area contributed by atoms with Crippen LogP contribution in [0.4, 0.5) is 4.79 Å². The average Bonchev–Trinajstić information content (AvgIpc) is 3.41. The van der Waals surface area contributed by atoms with Crippen LogP contribution in [0.25, 0.3) is 0 Å². The monoisotopic (exact) mass is 416 g/mol. The van der Waals surface area contributed by atoms with E-state index in [0.29, 0.717) is 18.4 Å². The van der Waals surface area contributed by atoms with Crippen LogP contribution in [-0.4, -0.2) is 29.2 Å². The number of carbonyl (C=O) groups excluding carboxylic acids is 2. The van der Waals surface area contributed by atoms with E-state index in [1.807, 2.05) is 58.0 Å². The summed E-state index contributed by atoms with van der Waals surface area (Å²) >= 11 is 0. The van der Waals surface area contributed by atoms with Crippen LogP contribution in [0, 0.1) is 11.8 Å². The number of aliphatic hydroxyl groups is 1. The Morgan fingerprint density at radius 3 is 2.13 bits per heavy atom. The number of nitrogens with one attached hydrogen (secondary N) is 2. The number of amides is 2. The molecule has 164 valence electrons. The van der Waals surface area contributed by atoms with Crippen LogP contribution in [0.3, 0.4) is 0 Å². The van der Waals surface area contributed by atoms with Gasteiger partial charge < -0.3 is 20.5 Å². The van der Waals surface area contributed by atoms with Crippen molar-refractivity contribution in [2.75, 3.05) is 0 Å². The second-order valence-electron chi connectivity index (χ2n) is 8.54. The van der Waals surface area contributed by atoms with Crippen molar-refractivity contribution in [1.29, 1.82) is 0 Å². The molecule has 7 nitrogen and oxygen atoms in total. The standard InChI is InChI=1S/C23H32N2O5/c1-14(2)10-18(21(27)17-12-20(17)26)24-22(28)19(11-15(3)4)25-23(29)30-13-16-8-6-5-7-9-16/h5-9,12,14-15,18-19,21,27H,10-11,13H2,1-4H3,(H,24,28)(H,25,29)/t18-,19-,21?/m0/s1. The highest BCUT2D eigenvalue weighted by molar-refractivity contribution is 5.85. The number of benzene rings is 1. The smallest absolute Gasteiger partial charge is 0.408 e. The number of alkyl carbamates (subject to hydrolysis) is 1. The summed E-state index contributed by atoms with van der Waals surface area (Å²) in [5, 5.41) is 15.9. The van der Waals surface area contributed by atoms with Crippen molar-refractivity contribution in [1.82, 2.24) is 10.6 Å². The van der Waals surface area contributed by atoms with E-state index < -0.39 is 30.2 Å². The van der Waals surface area contributed by atoms with Gasteiger partial charge in [0.2, 0.25) is 5.91 Å². The Kier molecular flexibility index (Phi) is 8.59. The average molecular weight is 417 g/mol. The van der Waals surface area contributed by atoms with Gasteiger partial charge in [-0.3, -0.25) is 9.59 Å². The first-order chi connectivity index (χ1) is 14.2. The summed E-state index contributed by atoms with van der Waals surface area (Å²) in [6.45, 7) is 7.95. The zero-order valence-electron chi connectivity index (χ0n) is 18.1. The predicted molar refractivity (Wildman–Crippen MR) is 114 cm³/mol. The quantitative estimate of drug-likeness (QED) is 0.522. The van der Waals surface area contributed by atoms with Crippen LogP contribution in [0.15, 0.2) is 41.2 Å². The molecule has 2 aromatic rings. The summed E-state index contributed by atoms with van der Waals surface area (Å²) in [6, 6.07) is 9.23. The van der Waals surface area contributed by atoms with E-state index in [0.717, 1.165) is 5.56 Å². The molecule has 0 bridgehead atoms. The molecule has 0 aliphatic carbocycles. The Morgan fingerprint density at radius 2 is 1.60 bits per heavy atom. The highest BCUT2D eigenvalue weighted by Crippen LogP contribution is 2.22. The third kappa shape index (κ3) is 7.63. The Bertz CT molecular complexity index is 824. The van der Waals surface area contributed by atoms with Crippen molar-refractivity contribution >= 4 is 12.0 Å². The van der Waals surface area contributed by atoms with Gasteiger partial charge in [0.05, 0.1) is 6.04 Å². The molecule has 0 radical (unpaired) electrons. The van der Waals surface area contributed by atoms with Crippen molar-refractivity contribution in [2.24, 2.45) is 11.8 Å². The fourth-order valence-corrected chi connectivity index (χ4v) is 3.22. The first-order valence-corrected chi connectivity index (χ1v) is 10.4. The molecule has 3 N–H and O–H groups in total. The van der Waals surface area contributed by atoms with E-state index in [9.17, 15) is 19.5 Å². The summed E-state index contributed by atoms with van der Waals surface area (Å²) in [7, 11) is 0. The van der Waals surface area contributed by atoms with Gasteiger partial charge in [-0.15, -0.1) is 0 Å². The highest BCUT2D eigenvalue weighted by Gasteiger charge is 2.32. The van der Waals surface area contributed by atoms with Gasteiger partial charge in [-0.1, -0.05) is 58.0 Å². The van der Waals surface area contributed by atoms with Gasteiger partial charge >= 0.3 is 6.09 Å². The Morgan fingerprint density at radius 1 is 1.00 bits per heavy atom. The minimum Gasteiger partial charge on any atom is -0.445 e. The zero-order valence-corrected chi connectivity index (χ0v) is 18.1. The van der Waals surface area contributed by atoms with Gasteiger partial charge in [0.15, 0.2) is 5.43 Å². The maximum absolute atomic E-state index is 12.9. The summed E-state index contributed by atoms with van der Waals surface area (Å²) in [5.41, 5.74) is 0.989. The minimum atomic E-state index is -1.05. The number of rotatable bonds is 11. The molecule has 0 aromatic heterocycles. The van der Waals surface area contributed by atoms with Gasteiger partial charge in [0, 0.05) is 5.56 Å². The molecule has 0 spiro atoms. The highest BCUT2D eigenvalue weighted by atomic mass is 16.5. The molecule has 0 aliphatic heterocycles. The fraction of sp³-hybridized carbons (Fsp3) is 0.522. The molecule has 2 aromatic carbocycles. The van der Waals surface area contributed by atoms with Crippen LogP contribution in [-0.2, 0) is 16.1 Å². The van der Waals surface area contributed by atoms with Crippen LogP contribution in [0.1, 0.15) is 57.8 Å². The van der Waals surface area contributed by atoms with Gasteiger partial charge in [-0.05, 0) is 36.3 Å². The number of hydrogen-bond donors (Lipinski definition) is 3. The first kappa shape index (κ1) is 23.6. The molecule has 2 amide bonds. The van der Waals surface area contributed by atoms with Crippen molar-refractivity contribution < 1.29 is 19.4 Å². The Balaban J connectivity index is 1.99. The number of aliphatic hydroxyl groups excluding tert-OH is 1. The SMILES string of the molecule is CC(C)C[C@H](NC(=O)OCc1ccccc1)C(=O)N[C@@H](CC(C)C)C(O)c1cc1=O. The third-order valence-electron chi connectivity index (χ3n) is 4.77. The van der Waals surface area contributed by atoms with Crippen molar-refractivity contribution in [3.05, 3.63) is 57.7 Å². The minimum absolute atomic E-state index is 0.105. The second kappa shape index (κ2) is 10.9. The topological polar surface area (TPSA) is 105 Å². The van der Waals surface area contributed by atoms with E-state index in [-0.39, 0.29) is 23.9 Å². The number of carbonyl (C=O) groups is 2. The summed E-state index contributed by atoms with van der Waals surface area (Å²) in [5.74, 6) is -0.0538. The maximum atomic E-state index is 12.9. The van der Waals surface area contributed by atoms with E-state index in [1.165, 1.54) is 6.07 Å².